The van der Waals surface area contributed by atoms with Crippen LogP contribution in [-0.4, -0.2) is 80.2 Å². The van der Waals surface area contributed by atoms with E-state index in [1.807, 2.05) is 19.9 Å². The molecule has 0 radical (unpaired) electrons. The Balaban J connectivity index is 1.31. The number of nitrogens with zero attached hydrogens (tertiary/aromatic N) is 6. The average molecular weight is 475 g/mol. The molecule has 1 aromatic carbocycles. The van der Waals surface area contributed by atoms with E-state index in [-0.39, 0.29) is 0 Å². The van der Waals surface area contributed by atoms with E-state index >= 15 is 0 Å². The molecule has 5 rings (SSSR count). The minimum Gasteiger partial charge on any atom is -0.378 e. The van der Waals surface area contributed by atoms with E-state index in [1.54, 1.807) is 22.5 Å². The highest BCUT2D eigenvalue weighted by molar-refractivity contribution is 7.89. The molecule has 0 unspecified atom stereocenters. The standard InChI is InChI=1S/C21H26N6O3S2/c1-15-13-20(24-21(22-15)26-9-11-30-12-10-26)25-5-7-27(8-6-25)32(28,29)17-3-4-18-19(14-17)31-16(2)23-18/h3-4,13-14H,5-12H2,1-2H3. The summed E-state index contributed by atoms with van der Waals surface area (Å²) in [6, 6.07) is 7.16. The van der Waals surface area contributed by atoms with Crippen molar-refractivity contribution < 1.29 is 13.2 Å². The fourth-order valence-corrected chi connectivity index (χ4v) is 6.48. The van der Waals surface area contributed by atoms with Gasteiger partial charge in [-0.2, -0.15) is 9.29 Å². The minimum atomic E-state index is -3.55. The number of aromatic nitrogens is 3. The predicted molar refractivity (Wildman–Crippen MR) is 125 cm³/mol. The monoisotopic (exact) mass is 474 g/mol. The lowest BCUT2D eigenvalue weighted by atomic mass is 10.3. The van der Waals surface area contributed by atoms with Crippen molar-refractivity contribution in [2.75, 3.05) is 62.3 Å². The summed E-state index contributed by atoms with van der Waals surface area (Å²) in [5, 5.41) is 0.930. The first-order chi connectivity index (χ1) is 15.4. The molecule has 0 N–H and O–H groups in total. The van der Waals surface area contributed by atoms with Gasteiger partial charge in [-0.3, -0.25) is 0 Å². The molecule has 2 saturated heterocycles. The molecule has 0 atom stereocenters. The fraction of sp³-hybridized carbons (Fsp3) is 0.476. The van der Waals surface area contributed by atoms with Crippen LogP contribution in [0.3, 0.4) is 0 Å². The number of ether oxygens (including phenoxy) is 1. The molecule has 0 saturated carbocycles. The van der Waals surface area contributed by atoms with Gasteiger partial charge in [0.05, 0.1) is 33.3 Å². The van der Waals surface area contributed by atoms with Crippen molar-refractivity contribution in [3.05, 3.63) is 35.0 Å². The van der Waals surface area contributed by atoms with Gasteiger partial charge in [-0.05, 0) is 32.0 Å². The number of fused-ring (bicyclic) bond motifs is 1. The van der Waals surface area contributed by atoms with Gasteiger partial charge in [0.2, 0.25) is 16.0 Å². The third kappa shape index (κ3) is 4.17. The number of hydrogen-bond acceptors (Lipinski definition) is 9. The zero-order valence-corrected chi connectivity index (χ0v) is 19.8. The van der Waals surface area contributed by atoms with Gasteiger partial charge in [0, 0.05) is 51.0 Å². The Labute approximate surface area is 191 Å². The van der Waals surface area contributed by atoms with Crippen LogP contribution in [0.2, 0.25) is 0 Å². The van der Waals surface area contributed by atoms with Gasteiger partial charge in [-0.25, -0.2) is 18.4 Å². The fourth-order valence-electron chi connectivity index (χ4n) is 4.09. The van der Waals surface area contributed by atoms with Crippen LogP contribution < -0.4 is 9.80 Å². The molecule has 32 heavy (non-hydrogen) atoms. The second-order valence-corrected chi connectivity index (χ2v) is 11.2. The molecule has 2 aromatic heterocycles. The lowest BCUT2D eigenvalue weighted by molar-refractivity contribution is 0.122. The molecule has 11 heteroatoms. The maximum Gasteiger partial charge on any atom is 0.243 e. The van der Waals surface area contributed by atoms with Gasteiger partial charge >= 0.3 is 0 Å². The van der Waals surface area contributed by atoms with E-state index in [0.717, 1.165) is 39.8 Å². The Morgan fingerprint density at radius 1 is 0.906 bits per heavy atom. The Hall–Kier alpha value is -2.34. The molecule has 0 amide bonds. The van der Waals surface area contributed by atoms with Crippen LogP contribution >= 0.6 is 11.3 Å². The van der Waals surface area contributed by atoms with Crippen LogP contribution in [0.1, 0.15) is 10.7 Å². The average Bonchev–Trinajstić information content (AvgIpc) is 3.18. The number of sulfonamides is 1. The molecular weight excluding hydrogens is 448 g/mol. The van der Waals surface area contributed by atoms with Crippen molar-refractivity contribution >= 4 is 43.3 Å². The summed E-state index contributed by atoms with van der Waals surface area (Å²) >= 11 is 1.51. The van der Waals surface area contributed by atoms with Crippen molar-refractivity contribution in [1.29, 1.82) is 0 Å². The van der Waals surface area contributed by atoms with Gasteiger partial charge in [0.1, 0.15) is 5.82 Å². The number of morpholine rings is 1. The molecule has 2 fully saturated rings. The van der Waals surface area contributed by atoms with Crippen LogP contribution in [-0.2, 0) is 14.8 Å². The van der Waals surface area contributed by atoms with Crippen LogP contribution in [0.4, 0.5) is 11.8 Å². The van der Waals surface area contributed by atoms with Crippen molar-refractivity contribution in [2.24, 2.45) is 0 Å². The first-order valence-electron chi connectivity index (χ1n) is 10.7. The molecule has 0 spiro atoms. The largest absolute Gasteiger partial charge is 0.378 e. The van der Waals surface area contributed by atoms with Crippen molar-refractivity contribution in [2.45, 2.75) is 18.7 Å². The molecular formula is C21H26N6O3S2. The van der Waals surface area contributed by atoms with Gasteiger partial charge in [-0.1, -0.05) is 0 Å². The Morgan fingerprint density at radius 3 is 2.41 bits per heavy atom. The van der Waals surface area contributed by atoms with Gasteiger partial charge in [-0.15, -0.1) is 11.3 Å². The number of hydrogen-bond donors (Lipinski definition) is 0. The second kappa shape index (κ2) is 8.54. The van der Waals surface area contributed by atoms with E-state index in [0.29, 0.717) is 50.2 Å². The minimum absolute atomic E-state index is 0.328. The number of aryl methyl sites for hydroxylation is 2. The first kappa shape index (κ1) is 21.5. The highest BCUT2D eigenvalue weighted by atomic mass is 32.2. The number of rotatable bonds is 4. The third-order valence-electron chi connectivity index (χ3n) is 5.79. The topological polar surface area (TPSA) is 91.8 Å². The SMILES string of the molecule is Cc1cc(N2CCN(S(=O)(=O)c3ccc4nc(C)sc4c3)CC2)nc(N2CCOCC2)n1. The van der Waals surface area contributed by atoms with E-state index in [2.05, 4.69) is 19.8 Å². The smallest absolute Gasteiger partial charge is 0.243 e. The summed E-state index contributed by atoms with van der Waals surface area (Å²) in [5.74, 6) is 1.56. The normalized spacial score (nSPS) is 18.4. The molecule has 0 bridgehead atoms. The zero-order chi connectivity index (χ0) is 22.3. The quantitative estimate of drug-likeness (QED) is 0.567. The van der Waals surface area contributed by atoms with Crippen LogP contribution in [0, 0.1) is 13.8 Å². The summed E-state index contributed by atoms with van der Waals surface area (Å²) in [5.41, 5.74) is 1.74. The Morgan fingerprint density at radius 2 is 1.66 bits per heavy atom. The highest BCUT2D eigenvalue weighted by Gasteiger charge is 2.30. The Bertz CT molecular complexity index is 1230. The number of thiazole rings is 1. The van der Waals surface area contributed by atoms with Crippen molar-refractivity contribution in [3.8, 4) is 0 Å². The number of benzene rings is 1. The summed E-state index contributed by atoms with van der Waals surface area (Å²) in [7, 11) is -3.55. The third-order valence-corrected chi connectivity index (χ3v) is 8.62. The Kier molecular flexibility index (Phi) is 5.74. The summed E-state index contributed by atoms with van der Waals surface area (Å²) in [6.07, 6.45) is 0. The van der Waals surface area contributed by atoms with E-state index in [4.69, 9.17) is 9.72 Å². The lowest BCUT2D eigenvalue weighted by Crippen LogP contribution is -2.49. The molecule has 3 aromatic rings. The van der Waals surface area contributed by atoms with Gasteiger partial charge < -0.3 is 14.5 Å². The van der Waals surface area contributed by atoms with Crippen molar-refractivity contribution in [1.82, 2.24) is 19.3 Å². The van der Waals surface area contributed by atoms with Gasteiger partial charge in [0.15, 0.2) is 0 Å². The van der Waals surface area contributed by atoms with Crippen LogP contribution in [0.15, 0.2) is 29.2 Å². The maximum atomic E-state index is 13.2. The second-order valence-electron chi connectivity index (χ2n) is 8.02. The van der Waals surface area contributed by atoms with Crippen LogP contribution in [0.5, 0.6) is 0 Å². The molecule has 2 aliphatic rings. The molecule has 4 heterocycles. The highest BCUT2D eigenvalue weighted by Crippen LogP contribution is 2.27. The summed E-state index contributed by atoms with van der Waals surface area (Å²) in [6.45, 7) is 8.80. The predicted octanol–water partition coefficient (Wildman–Crippen LogP) is 2.05. The molecule has 2 aliphatic heterocycles. The number of piperazine rings is 1. The van der Waals surface area contributed by atoms with Crippen LogP contribution in [0.25, 0.3) is 10.2 Å². The molecule has 9 nitrogen and oxygen atoms in total. The molecule has 170 valence electrons. The zero-order valence-electron chi connectivity index (χ0n) is 18.2. The van der Waals surface area contributed by atoms with Crippen molar-refractivity contribution in [3.63, 3.8) is 0 Å². The first-order valence-corrected chi connectivity index (χ1v) is 13.0. The summed E-state index contributed by atoms with van der Waals surface area (Å²) < 4.78 is 34.4. The lowest BCUT2D eigenvalue weighted by Gasteiger charge is -2.35. The molecule has 0 aliphatic carbocycles. The van der Waals surface area contributed by atoms with E-state index in [1.165, 1.54) is 11.3 Å². The van der Waals surface area contributed by atoms with E-state index < -0.39 is 10.0 Å². The number of anilines is 2. The maximum absolute atomic E-state index is 13.2. The summed E-state index contributed by atoms with van der Waals surface area (Å²) in [4.78, 5) is 18.4. The van der Waals surface area contributed by atoms with Gasteiger partial charge in [0.25, 0.3) is 0 Å². The van der Waals surface area contributed by atoms with E-state index in [9.17, 15) is 8.42 Å².